The highest BCUT2D eigenvalue weighted by Gasteiger charge is 2.61. The first kappa shape index (κ1) is 8.06. The number of halogens is 1. The third-order valence-corrected chi connectivity index (χ3v) is 3.70. The van der Waals surface area contributed by atoms with Gasteiger partial charge in [0.25, 0.3) is 0 Å². The van der Waals surface area contributed by atoms with E-state index in [2.05, 4.69) is 6.58 Å². The molecule has 0 spiro atoms. The highest BCUT2D eigenvalue weighted by Crippen LogP contribution is 2.54. The van der Waals surface area contributed by atoms with Crippen molar-refractivity contribution < 1.29 is 4.79 Å². The van der Waals surface area contributed by atoms with Crippen LogP contribution in [-0.4, -0.2) is 10.7 Å². The fraction of sp³-hybridized carbons (Fsp3) is 0.500. The molecule has 0 bridgehead atoms. The van der Waals surface area contributed by atoms with Crippen molar-refractivity contribution in [2.24, 2.45) is 11.8 Å². The Morgan fingerprint density at radius 3 is 3.08 bits per heavy atom. The second-order valence-electron chi connectivity index (χ2n) is 3.65. The number of fused-ring (bicyclic) bond motifs is 1. The molecule has 2 aliphatic rings. The van der Waals surface area contributed by atoms with Gasteiger partial charge in [0.2, 0.25) is 0 Å². The summed E-state index contributed by atoms with van der Waals surface area (Å²) in [5.41, 5.74) is 0.780. The van der Waals surface area contributed by atoms with E-state index < -0.39 is 4.87 Å². The summed E-state index contributed by atoms with van der Waals surface area (Å²) in [6.07, 6.45) is 4.96. The van der Waals surface area contributed by atoms with Crippen molar-refractivity contribution in [3.63, 3.8) is 0 Å². The molecule has 0 radical (unpaired) electrons. The van der Waals surface area contributed by atoms with Crippen LogP contribution in [0.15, 0.2) is 24.3 Å². The standard InChI is InChI=1S/C10H11ClO/c1-6(2)10(11)8-5-3-4-7(8)9(10)12/h3,5,7-8H,1,4H2,2H3/t7-,8+,10-/m0/s1. The number of hydrogen-bond donors (Lipinski definition) is 0. The largest absolute Gasteiger partial charge is 0.297 e. The molecule has 2 aliphatic carbocycles. The zero-order valence-corrected chi connectivity index (χ0v) is 7.77. The molecule has 0 aliphatic heterocycles. The second kappa shape index (κ2) is 2.23. The van der Waals surface area contributed by atoms with E-state index >= 15 is 0 Å². The summed E-state index contributed by atoms with van der Waals surface area (Å²) >= 11 is 6.19. The van der Waals surface area contributed by atoms with Crippen molar-refractivity contribution in [2.75, 3.05) is 0 Å². The van der Waals surface area contributed by atoms with Gasteiger partial charge < -0.3 is 0 Å². The lowest BCUT2D eigenvalue weighted by Crippen LogP contribution is -2.58. The molecule has 0 aromatic carbocycles. The van der Waals surface area contributed by atoms with E-state index in [1.165, 1.54) is 0 Å². The number of alkyl halides is 1. The van der Waals surface area contributed by atoms with Gasteiger partial charge in [-0.3, -0.25) is 4.79 Å². The maximum absolute atomic E-state index is 11.6. The number of carbonyl (C=O) groups excluding carboxylic acids is 1. The van der Waals surface area contributed by atoms with Gasteiger partial charge >= 0.3 is 0 Å². The molecule has 0 aromatic rings. The normalized spacial score (nSPS) is 44.0. The van der Waals surface area contributed by atoms with Gasteiger partial charge in [0.1, 0.15) is 4.87 Å². The van der Waals surface area contributed by atoms with Crippen LogP contribution >= 0.6 is 11.6 Å². The molecule has 0 amide bonds. The van der Waals surface area contributed by atoms with E-state index in [0.29, 0.717) is 0 Å². The van der Waals surface area contributed by atoms with Gasteiger partial charge in [-0.15, -0.1) is 11.6 Å². The van der Waals surface area contributed by atoms with Gasteiger partial charge in [-0.05, 0) is 13.3 Å². The zero-order valence-electron chi connectivity index (χ0n) is 7.01. The van der Waals surface area contributed by atoms with Crippen LogP contribution in [0, 0.1) is 11.8 Å². The average molecular weight is 183 g/mol. The SMILES string of the molecule is C=C(C)[C@@]1(Cl)C(=O)[C@H]2CC=C[C@H]21. The minimum absolute atomic E-state index is 0.152. The van der Waals surface area contributed by atoms with Crippen LogP contribution in [0.1, 0.15) is 13.3 Å². The van der Waals surface area contributed by atoms with E-state index in [4.69, 9.17) is 11.6 Å². The van der Waals surface area contributed by atoms with Crippen molar-refractivity contribution >= 4 is 17.4 Å². The van der Waals surface area contributed by atoms with Gasteiger partial charge in [0.05, 0.1) is 0 Å². The van der Waals surface area contributed by atoms with Crippen molar-refractivity contribution in [3.8, 4) is 0 Å². The van der Waals surface area contributed by atoms with Crippen molar-refractivity contribution in [2.45, 2.75) is 18.2 Å². The van der Waals surface area contributed by atoms with Gasteiger partial charge in [-0.2, -0.15) is 0 Å². The summed E-state index contributed by atoms with van der Waals surface area (Å²) in [7, 11) is 0. The molecule has 0 unspecified atom stereocenters. The van der Waals surface area contributed by atoms with Crippen LogP contribution < -0.4 is 0 Å². The van der Waals surface area contributed by atoms with Crippen LogP contribution in [0.4, 0.5) is 0 Å². The number of ketones is 1. The summed E-state index contributed by atoms with van der Waals surface area (Å²) in [4.78, 5) is 10.8. The minimum Gasteiger partial charge on any atom is -0.297 e. The van der Waals surface area contributed by atoms with Crippen molar-refractivity contribution in [1.82, 2.24) is 0 Å². The third-order valence-electron chi connectivity index (χ3n) is 2.94. The molecule has 1 fully saturated rings. The Kier molecular flexibility index (Phi) is 1.50. The minimum atomic E-state index is -0.766. The molecule has 0 heterocycles. The number of rotatable bonds is 1. The monoisotopic (exact) mass is 182 g/mol. The Morgan fingerprint density at radius 1 is 1.83 bits per heavy atom. The van der Waals surface area contributed by atoms with Gasteiger partial charge in [0.15, 0.2) is 5.78 Å². The molecular weight excluding hydrogens is 172 g/mol. The predicted molar refractivity (Wildman–Crippen MR) is 49.1 cm³/mol. The lowest BCUT2D eigenvalue weighted by molar-refractivity contribution is -0.134. The number of Topliss-reactive ketones (excluding diaryl/α,β-unsaturated/α-hetero) is 1. The summed E-state index contributed by atoms with van der Waals surface area (Å²) in [5, 5.41) is 0. The van der Waals surface area contributed by atoms with Crippen molar-refractivity contribution in [3.05, 3.63) is 24.3 Å². The van der Waals surface area contributed by atoms with Crippen LogP contribution in [0.3, 0.4) is 0 Å². The fourth-order valence-electron chi connectivity index (χ4n) is 2.17. The van der Waals surface area contributed by atoms with Gasteiger partial charge in [0, 0.05) is 11.8 Å². The lowest BCUT2D eigenvalue weighted by atomic mass is 9.62. The molecule has 1 saturated carbocycles. The van der Waals surface area contributed by atoms with E-state index in [1.54, 1.807) is 0 Å². The number of hydrogen-bond acceptors (Lipinski definition) is 1. The first-order valence-electron chi connectivity index (χ1n) is 4.14. The van der Waals surface area contributed by atoms with Crippen LogP contribution in [0.2, 0.25) is 0 Å². The molecule has 64 valence electrons. The molecule has 2 rings (SSSR count). The molecule has 0 N–H and O–H groups in total. The first-order chi connectivity index (χ1) is 5.58. The topological polar surface area (TPSA) is 17.1 Å². The summed E-state index contributed by atoms with van der Waals surface area (Å²) < 4.78 is 0. The Bertz CT molecular complexity index is 292. The Labute approximate surface area is 77.1 Å². The number of carbonyl (C=O) groups is 1. The smallest absolute Gasteiger partial charge is 0.162 e. The Hall–Kier alpha value is -0.560. The van der Waals surface area contributed by atoms with E-state index in [-0.39, 0.29) is 17.6 Å². The molecule has 0 aromatic heterocycles. The van der Waals surface area contributed by atoms with Crippen molar-refractivity contribution in [1.29, 1.82) is 0 Å². The van der Waals surface area contributed by atoms with Crippen LogP contribution in [0.25, 0.3) is 0 Å². The highest BCUT2D eigenvalue weighted by molar-refractivity contribution is 6.41. The van der Waals surface area contributed by atoms with Gasteiger partial charge in [-0.25, -0.2) is 0 Å². The third kappa shape index (κ3) is 0.680. The predicted octanol–water partition coefficient (Wildman–Crippen LogP) is 2.32. The van der Waals surface area contributed by atoms with Crippen LogP contribution in [0.5, 0.6) is 0 Å². The molecule has 0 saturated heterocycles. The molecule has 2 heteroatoms. The molecule has 1 nitrogen and oxygen atoms in total. The summed E-state index contributed by atoms with van der Waals surface area (Å²) in [6.45, 7) is 5.60. The lowest BCUT2D eigenvalue weighted by Gasteiger charge is -2.46. The van der Waals surface area contributed by atoms with Gasteiger partial charge in [-0.1, -0.05) is 24.3 Å². The number of allylic oxidation sites excluding steroid dienone is 3. The fourth-order valence-corrected chi connectivity index (χ4v) is 2.53. The maximum atomic E-state index is 11.6. The molecule has 12 heavy (non-hydrogen) atoms. The average Bonchev–Trinajstić information content (AvgIpc) is 2.47. The summed E-state index contributed by atoms with van der Waals surface area (Å²) in [6, 6.07) is 0. The first-order valence-corrected chi connectivity index (χ1v) is 4.52. The van der Waals surface area contributed by atoms with Crippen LogP contribution in [-0.2, 0) is 4.79 Å². The molecular formula is C10H11ClO. The zero-order chi connectivity index (χ0) is 8.93. The van der Waals surface area contributed by atoms with E-state index in [9.17, 15) is 4.79 Å². The summed E-state index contributed by atoms with van der Waals surface area (Å²) in [5.74, 6) is 0.523. The maximum Gasteiger partial charge on any atom is 0.162 e. The Morgan fingerprint density at radius 2 is 2.50 bits per heavy atom. The van der Waals surface area contributed by atoms with E-state index in [0.717, 1.165) is 12.0 Å². The highest BCUT2D eigenvalue weighted by atomic mass is 35.5. The Balaban J connectivity index is 2.34. The quantitative estimate of drug-likeness (QED) is 0.449. The van der Waals surface area contributed by atoms with E-state index in [1.807, 2.05) is 19.1 Å². The second-order valence-corrected chi connectivity index (χ2v) is 4.25. The molecule has 3 atom stereocenters.